The molecule has 0 spiro atoms. The van der Waals surface area contributed by atoms with E-state index in [0.717, 1.165) is 28.8 Å². The number of amides is 1. The molecule has 11 heteroatoms. The van der Waals surface area contributed by atoms with E-state index in [4.69, 9.17) is 4.98 Å². The molecule has 7 rings (SSSR count). The Morgan fingerprint density at radius 2 is 0.964 bits per heavy atom. The molecule has 0 bridgehead atoms. The summed E-state index contributed by atoms with van der Waals surface area (Å²) in [5.74, 6) is -3.05. The number of anilines is 6. The number of benzene rings is 5. The molecule has 0 aliphatic carbocycles. The van der Waals surface area contributed by atoms with Crippen molar-refractivity contribution in [3.63, 3.8) is 0 Å². The predicted octanol–water partition coefficient (Wildman–Crippen LogP) is 11.9. The molecule has 280 valence electrons. The lowest BCUT2D eigenvalue weighted by Crippen LogP contribution is -2.38. The van der Waals surface area contributed by atoms with Crippen molar-refractivity contribution in [1.29, 1.82) is 0 Å². The Bertz CT molecular complexity index is 2380. The Balaban J connectivity index is 1.48. The van der Waals surface area contributed by atoms with Crippen molar-refractivity contribution in [3.8, 4) is 11.3 Å². The van der Waals surface area contributed by atoms with Gasteiger partial charge in [-0.1, -0.05) is 72.8 Å². The van der Waals surface area contributed by atoms with E-state index in [1.807, 2.05) is 126 Å². The topological polar surface area (TPSA) is 61.4 Å². The van der Waals surface area contributed by atoms with Crippen molar-refractivity contribution in [2.75, 3.05) is 9.80 Å². The monoisotopic (exact) mass is 755 g/mol. The maximum Gasteiger partial charge on any atom is 0.484 e. The second-order valence-corrected chi connectivity index (χ2v) is 13.4. The van der Waals surface area contributed by atoms with Gasteiger partial charge in [0.05, 0.1) is 28.5 Å². The minimum atomic E-state index is -5.02. The number of aromatic nitrogens is 2. The lowest BCUT2D eigenvalue weighted by atomic mass is 9.83. The van der Waals surface area contributed by atoms with Crippen LogP contribution >= 0.6 is 0 Å². The average molecular weight is 756 g/mol. The molecule has 0 unspecified atom stereocenters. The molecule has 0 atom stereocenters. The Labute approximate surface area is 320 Å². The van der Waals surface area contributed by atoms with Gasteiger partial charge in [0.25, 0.3) is 5.91 Å². The molecule has 0 aliphatic heterocycles. The highest BCUT2D eigenvalue weighted by Crippen LogP contribution is 2.42. The van der Waals surface area contributed by atoms with Gasteiger partial charge in [0.2, 0.25) is 0 Å². The third kappa shape index (κ3) is 8.12. The first-order valence-electron chi connectivity index (χ1n) is 17.6. The van der Waals surface area contributed by atoms with Crippen LogP contribution < -0.4 is 15.1 Å². The molecule has 0 radical (unpaired) electrons. The molecule has 0 fully saturated rings. The van der Waals surface area contributed by atoms with Crippen LogP contribution in [0.3, 0.4) is 0 Å². The summed E-state index contributed by atoms with van der Waals surface area (Å²) in [5.41, 5.74) is 2.78. The first-order valence-corrected chi connectivity index (χ1v) is 17.6. The molecular formula is C45H34F5N5O. The lowest BCUT2D eigenvalue weighted by molar-refractivity contribution is -0.146. The van der Waals surface area contributed by atoms with Gasteiger partial charge in [-0.15, -0.1) is 0 Å². The average Bonchev–Trinajstić information content (AvgIpc) is 3.19. The van der Waals surface area contributed by atoms with Crippen molar-refractivity contribution in [2.24, 2.45) is 0 Å². The normalized spacial score (nSPS) is 11.6. The fourth-order valence-corrected chi connectivity index (χ4v) is 6.41. The van der Waals surface area contributed by atoms with E-state index < -0.39 is 35.0 Å². The molecule has 0 saturated carbocycles. The van der Waals surface area contributed by atoms with E-state index in [1.165, 1.54) is 12.1 Å². The fraction of sp³-hybridized carbons (Fsp3) is 0.0889. The molecular weight excluding hydrogens is 722 g/mol. The van der Waals surface area contributed by atoms with Gasteiger partial charge in [-0.25, -0.2) is 13.8 Å². The Kier molecular flexibility index (Phi) is 10.3. The molecule has 1 N–H and O–H groups in total. The highest BCUT2D eigenvalue weighted by Gasteiger charge is 2.34. The van der Waals surface area contributed by atoms with Crippen LogP contribution in [-0.4, -0.2) is 22.2 Å². The number of hydrogen-bond donors (Lipinski definition) is 1. The third-order valence-electron chi connectivity index (χ3n) is 9.17. The van der Waals surface area contributed by atoms with E-state index in [9.17, 15) is 22.4 Å². The van der Waals surface area contributed by atoms with Gasteiger partial charge in [-0.05, 0) is 98.8 Å². The minimum absolute atomic E-state index is 0.0256. The summed E-state index contributed by atoms with van der Waals surface area (Å²) in [6.07, 6.45) is -5.02. The second kappa shape index (κ2) is 15.5. The van der Waals surface area contributed by atoms with Crippen LogP contribution in [0.5, 0.6) is 0 Å². The number of hydrogen-bond acceptors (Lipinski definition) is 5. The highest BCUT2D eigenvalue weighted by atomic mass is 19.4. The van der Waals surface area contributed by atoms with E-state index in [2.05, 4.69) is 4.98 Å². The molecule has 0 aliphatic rings. The van der Waals surface area contributed by atoms with Crippen LogP contribution in [-0.2, 0) is 5.41 Å². The predicted molar refractivity (Wildman–Crippen MR) is 209 cm³/mol. The number of pyridine rings is 2. The summed E-state index contributed by atoms with van der Waals surface area (Å²) >= 11 is 0. The van der Waals surface area contributed by atoms with Crippen LogP contribution in [0.1, 0.15) is 35.7 Å². The van der Waals surface area contributed by atoms with Gasteiger partial charge < -0.3 is 9.80 Å². The van der Waals surface area contributed by atoms with E-state index in [0.29, 0.717) is 28.4 Å². The van der Waals surface area contributed by atoms with Crippen LogP contribution in [0.25, 0.3) is 11.3 Å². The van der Waals surface area contributed by atoms with Crippen molar-refractivity contribution < 1.29 is 26.7 Å². The molecule has 5 aromatic carbocycles. The minimum Gasteiger partial charge on any atom is -0.310 e. The first-order chi connectivity index (χ1) is 26.9. The van der Waals surface area contributed by atoms with Crippen LogP contribution in [0, 0.1) is 11.6 Å². The van der Waals surface area contributed by atoms with E-state index in [-0.39, 0.29) is 17.0 Å². The van der Waals surface area contributed by atoms with Crippen molar-refractivity contribution in [3.05, 3.63) is 193 Å². The van der Waals surface area contributed by atoms with Crippen molar-refractivity contribution in [1.82, 2.24) is 15.3 Å². The Morgan fingerprint density at radius 3 is 1.39 bits per heavy atom. The number of nitrogens with one attached hydrogen (secondary N) is 1. The first kappa shape index (κ1) is 37.4. The molecule has 2 heterocycles. The smallest absolute Gasteiger partial charge is 0.310 e. The van der Waals surface area contributed by atoms with Gasteiger partial charge in [-0.2, -0.15) is 13.2 Å². The lowest BCUT2D eigenvalue weighted by Gasteiger charge is -2.31. The van der Waals surface area contributed by atoms with Crippen LogP contribution in [0.4, 0.5) is 56.1 Å². The van der Waals surface area contributed by atoms with Gasteiger partial charge in [0, 0.05) is 39.8 Å². The molecule has 6 nitrogen and oxygen atoms in total. The van der Waals surface area contributed by atoms with Gasteiger partial charge >= 0.3 is 6.30 Å². The van der Waals surface area contributed by atoms with Gasteiger partial charge in [0.1, 0.15) is 17.3 Å². The number of carbonyl (C=O) groups is 1. The quantitative estimate of drug-likeness (QED) is 0.111. The van der Waals surface area contributed by atoms with E-state index >= 15 is 4.39 Å². The van der Waals surface area contributed by atoms with Crippen molar-refractivity contribution in [2.45, 2.75) is 25.6 Å². The van der Waals surface area contributed by atoms with Crippen molar-refractivity contribution >= 4 is 40.0 Å². The number of carbonyl (C=O) groups excluding carboxylic acids is 1. The summed E-state index contributed by atoms with van der Waals surface area (Å²) in [7, 11) is 0. The summed E-state index contributed by atoms with van der Waals surface area (Å²) in [4.78, 5) is 26.5. The zero-order valence-corrected chi connectivity index (χ0v) is 30.2. The largest absolute Gasteiger partial charge is 0.484 e. The number of halogens is 5. The molecule has 7 aromatic rings. The standard InChI is InChI=1S/C45H34F5N5O/c1-44(2,42-29-36(27-40(52-42)43(56)53-45(48,49)50)55(33-19-11-5-12-20-33)34-21-13-6-14-22-34)41-28-35(26-39(51-41)37-24-23-30(46)25-38(37)47)54(31-15-7-3-8-16-31)32-17-9-4-10-18-32/h3-29H,1-2H3,(H,53,56). The third-order valence-corrected chi connectivity index (χ3v) is 9.17. The highest BCUT2D eigenvalue weighted by molar-refractivity contribution is 5.94. The van der Waals surface area contributed by atoms with E-state index in [1.54, 1.807) is 36.9 Å². The molecule has 1 amide bonds. The van der Waals surface area contributed by atoms with Crippen LogP contribution in [0.2, 0.25) is 0 Å². The maximum atomic E-state index is 15.6. The van der Waals surface area contributed by atoms with Crippen LogP contribution in [0.15, 0.2) is 164 Å². The number of rotatable bonds is 10. The molecule has 56 heavy (non-hydrogen) atoms. The molecule has 0 saturated heterocycles. The second-order valence-electron chi connectivity index (χ2n) is 13.4. The maximum absolute atomic E-state index is 15.6. The SMILES string of the molecule is CC(C)(c1cc(N(c2ccccc2)c2ccccc2)cc(C(=O)NC(F)(F)F)n1)c1cc(N(c2ccccc2)c2ccccc2)cc(-c2ccc(F)cc2F)n1. The fourth-order valence-electron chi connectivity index (χ4n) is 6.41. The zero-order chi connectivity index (χ0) is 39.5. The summed E-state index contributed by atoms with van der Waals surface area (Å²) in [5, 5.41) is 1.09. The zero-order valence-electron chi connectivity index (χ0n) is 30.2. The van der Waals surface area contributed by atoms with Gasteiger partial charge in [0.15, 0.2) is 0 Å². The summed E-state index contributed by atoms with van der Waals surface area (Å²) in [6, 6.07) is 47.0. The number of para-hydroxylation sites is 4. The summed E-state index contributed by atoms with van der Waals surface area (Å²) in [6.45, 7) is 3.54. The Hall–Kier alpha value is -6.88. The molecule has 2 aromatic heterocycles. The number of nitrogens with zero attached hydrogens (tertiary/aromatic N) is 4. The number of alkyl halides is 3. The summed E-state index contributed by atoms with van der Waals surface area (Å²) < 4.78 is 70.5. The van der Waals surface area contributed by atoms with Gasteiger partial charge in [-0.3, -0.25) is 15.1 Å². The Morgan fingerprint density at radius 1 is 0.536 bits per heavy atom.